The van der Waals surface area contributed by atoms with E-state index in [1.54, 1.807) is 11.4 Å². The smallest absolute Gasteiger partial charge is 0.307 e. The summed E-state index contributed by atoms with van der Waals surface area (Å²) in [5.74, 6) is 1.34. The number of ether oxygens (including phenoxy) is 1. The lowest BCUT2D eigenvalue weighted by molar-refractivity contribution is -0.142. The van der Waals surface area contributed by atoms with Gasteiger partial charge in [0, 0.05) is 25.1 Å². The molecule has 2 heterocycles. The lowest BCUT2D eigenvalue weighted by Crippen LogP contribution is -2.14. The number of carbonyl (C=O) groups is 1. The molecule has 2 aromatic rings. The van der Waals surface area contributed by atoms with Gasteiger partial charge in [0.05, 0.1) is 18.7 Å². The van der Waals surface area contributed by atoms with Crippen LogP contribution in [0.15, 0.2) is 41.3 Å². The van der Waals surface area contributed by atoms with Crippen molar-refractivity contribution in [3.05, 3.63) is 47.2 Å². The normalized spacial score (nSPS) is 12.5. The molecule has 0 fully saturated rings. The number of allylic oxidation sites excluding steroid dienone is 2. The SMILES string of the molecule is CCOC(=O)CCNc1cc(NCC2=CC=C=C=C2)c2nnc(C(C)C)n2n1. The van der Waals surface area contributed by atoms with Gasteiger partial charge in [0.25, 0.3) is 0 Å². The molecule has 1 aliphatic carbocycles. The number of esters is 1. The van der Waals surface area contributed by atoms with Gasteiger partial charge in [-0.3, -0.25) is 4.79 Å². The largest absolute Gasteiger partial charge is 0.466 e. The highest BCUT2D eigenvalue weighted by Crippen LogP contribution is 2.22. The summed E-state index contributed by atoms with van der Waals surface area (Å²) in [5, 5.41) is 19.7. The quantitative estimate of drug-likeness (QED) is 0.510. The topological polar surface area (TPSA) is 93.4 Å². The molecule has 0 aromatic carbocycles. The van der Waals surface area contributed by atoms with E-state index < -0.39 is 0 Å². The van der Waals surface area contributed by atoms with E-state index in [1.807, 2.05) is 38.1 Å². The minimum Gasteiger partial charge on any atom is -0.466 e. The molecule has 2 aromatic heterocycles. The van der Waals surface area contributed by atoms with Crippen LogP contribution in [0.2, 0.25) is 0 Å². The van der Waals surface area contributed by atoms with E-state index in [1.165, 1.54) is 0 Å². The Morgan fingerprint density at radius 3 is 2.86 bits per heavy atom. The monoisotopic (exact) mass is 380 g/mol. The first-order valence-electron chi connectivity index (χ1n) is 9.35. The molecule has 2 N–H and O–H groups in total. The predicted molar refractivity (Wildman–Crippen MR) is 107 cm³/mol. The number of anilines is 2. The van der Waals surface area contributed by atoms with Crippen molar-refractivity contribution in [3.8, 4) is 0 Å². The van der Waals surface area contributed by atoms with E-state index in [9.17, 15) is 4.79 Å². The van der Waals surface area contributed by atoms with Gasteiger partial charge in [0.2, 0.25) is 5.65 Å². The van der Waals surface area contributed by atoms with E-state index in [0.717, 1.165) is 17.1 Å². The summed E-state index contributed by atoms with van der Waals surface area (Å²) in [6, 6.07) is 1.87. The molecule has 1 aliphatic rings. The van der Waals surface area contributed by atoms with Gasteiger partial charge in [0.1, 0.15) is 5.82 Å². The standard InChI is InChI=1S/C20H24N6O2/c1-4-28-18(27)10-11-21-17-12-16(22-13-15-8-6-5-7-9-15)20-24-23-19(14(2)3)26(20)25-17/h6,8-9,12,14,22H,4,10-11,13H2,1-3H3,(H,21,25). The Kier molecular flexibility index (Phi) is 6.27. The van der Waals surface area contributed by atoms with Crippen molar-refractivity contribution in [2.75, 3.05) is 30.3 Å². The molecule has 3 rings (SSSR count). The molecule has 0 radical (unpaired) electrons. The molecule has 0 saturated heterocycles. The van der Waals surface area contributed by atoms with Gasteiger partial charge in [-0.1, -0.05) is 25.3 Å². The summed E-state index contributed by atoms with van der Waals surface area (Å²) in [5.41, 5.74) is 8.38. The highest BCUT2D eigenvalue weighted by atomic mass is 16.5. The van der Waals surface area contributed by atoms with Gasteiger partial charge < -0.3 is 15.4 Å². The lowest BCUT2D eigenvalue weighted by atomic mass is 10.2. The van der Waals surface area contributed by atoms with Crippen molar-refractivity contribution in [1.82, 2.24) is 19.8 Å². The van der Waals surface area contributed by atoms with Crippen LogP contribution in [0.3, 0.4) is 0 Å². The molecule has 8 nitrogen and oxygen atoms in total. The molecular weight excluding hydrogens is 356 g/mol. The van der Waals surface area contributed by atoms with E-state index in [2.05, 4.69) is 37.4 Å². The van der Waals surface area contributed by atoms with Gasteiger partial charge in [0.15, 0.2) is 5.82 Å². The maximum atomic E-state index is 11.5. The summed E-state index contributed by atoms with van der Waals surface area (Å²) in [6.45, 7) is 7.30. The number of rotatable bonds is 9. The van der Waals surface area contributed by atoms with Crippen LogP contribution in [0, 0.1) is 0 Å². The zero-order valence-electron chi connectivity index (χ0n) is 16.3. The van der Waals surface area contributed by atoms with Crippen LogP contribution >= 0.6 is 0 Å². The van der Waals surface area contributed by atoms with E-state index >= 15 is 0 Å². The maximum Gasteiger partial charge on any atom is 0.307 e. The summed E-state index contributed by atoms with van der Waals surface area (Å²) in [6.07, 6.45) is 5.96. The van der Waals surface area contributed by atoms with Crippen molar-refractivity contribution >= 4 is 23.1 Å². The van der Waals surface area contributed by atoms with Crippen LogP contribution in [-0.2, 0) is 9.53 Å². The van der Waals surface area contributed by atoms with E-state index in [4.69, 9.17) is 4.74 Å². The van der Waals surface area contributed by atoms with Crippen molar-refractivity contribution < 1.29 is 9.53 Å². The van der Waals surface area contributed by atoms with Crippen LogP contribution in [0.5, 0.6) is 0 Å². The first-order valence-corrected chi connectivity index (χ1v) is 9.35. The van der Waals surface area contributed by atoms with Crippen LogP contribution in [0.1, 0.15) is 38.9 Å². The first kappa shape index (κ1) is 19.4. The van der Waals surface area contributed by atoms with Gasteiger partial charge >= 0.3 is 5.97 Å². The Morgan fingerprint density at radius 1 is 1.29 bits per heavy atom. The van der Waals surface area contributed by atoms with Crippen molar-refractivity contribution in [2.24, 2.45) is 0 Å². The first-order chi connectivity index (χ1) is 13.6. The summed E-state index contributed by atoms with van der Waals surface area (Å²) >= 11 is 0. The zero-order chi connectivity index (χ0) is 19.9. The van der Waals surface area contributed by atoms with Crippen molar-refractivity contribution in [2.45, 2.75) is 33.1 Å². The van der Waals surface area contributed by atoms with E-state index in [-0.39, 0.29) is 18.3 Å². The second kappa shape index (κ2) is 9.04. The van der Waals surface area contributed by atoms with E-state index in [0.29, 0.717) is 31.2 Å². The third-order valence-electron chi connectivity index (χ3n) is 4.06. The highest BCUT2D eigenvalue weighted by Gasteiger charge is 2.15. The number of aromatic nitrogens is 4. The second-order valence-corrected chi connectivity index (χ2v) is 6.57. The van der Waals surface area contributed by atoms with Gasteiger partial charge in [-0.05, 0) is 30.7 Å². The third-order valence-corrected chi connectivity index (χ3v) is 4.06. The molecule has 0 amide bonds. The fraction of sp³-hybridized carbons (Fsp3) is 0.400. The molecular formula is C20H24N6O2. The number of hydrogen-bond donors (Lipinski definition) is 2. The average molecular weight is 380 g/mol. The minimum atomic E-state index is -0.237. The maximum absolute atomic E-state index is 11.5. The van der Waals surface area contributed by atoms with Gasteiger partial charge in [-0.25, -0.2) is 0 Å². The molecule has 0 saturated carbocycles. The Hall–Kier alpha value is -3.34. The molecule has 0 aliphatic heterocycles. The summed E-state index contributed by atoms with van der Waals surface area (Å²) in [4.78, 5) is 11.5. The Balaban J connectivity index is 1.81. The second-order valence-electron chi connectivity index (χ2n) is 6.57. The van der Waals surface area contributed by atoms with Gasteiger partial charge in [-0.15, -0.1) is 15.3 Å². The number of nitrogens with one attached hydrogen (secondary N) is 2. The number of hydrogen-bond acceptors (Lipinski definition) is 7. The van der Waals surface area contributed by atoms with Crippen LogP contribution in [0.25, 0.3) is 5.65 Å². The molecule has 28 heavy (non-hydrogen) atoms. The molecule has 8 heteroatoms. The number of nitrogens with zero attached hydrogens (tertiary/aromatic N) is 4. The predicted octanol–water partition coefficient (Wildman–Crippen LogP) is 2.83. The average Bonchev–Trinajstić information content (AvgIpc) is 3.11. The highest BCUT2D eigenvalue weighted by molar-refractivity contribution is 5.72. The Morgan fingerprint density at radius 2 is 2.14 bits per heavy atom. The number of fused-ring (bicyclic) bond motifs is 1. The summed E-state index contributed by atoms with van der Waals surface area (Å²) < 4.78 is 6.70. The Bertz CT molecular complexity index is 992. The molecule has 0 bridgehead atoms. The molecule has 0 atom stereocenters. The Labute approximate surface area is 163 Å². The van der Waals surface area contributed by atoms with Crippen molar-refractivity contribution in [3.63, 3.8) is 0 Å². The minimum absolute atomic E-state index is 0.171. The van der Waals surface area contributed by atoms with Crippen LogP contribution in [0.4, 0.5) is 11.5 Å². The molecule has 0 unspecified atom stereocenters. The lowest BCUT2D eigenvalue weighted by Gasteiger charge is -2.12. The fourth-order valence-corrected chi connectivity index (χ4v) is 2.69. The molecule has 0 spiro atoms. The van der Waals surface area contributed by atoms with Crippen LogP contribution < -0.4 is 10.6 Å². The zero-order valence-corrected chi connectivity index (χ0v) is 16.3. The van der Waals surface area contributed by atoms with Crippen molar-refractivity contribution in [1.29, 1.82) is 0 Å². The fourth-order valence-electron chi connectivity index (χ4n) is 2.69. The summed E-state index contributed by atoms with van der Waals surface area (Å²) in [7, 11) is 0. The number of carbonyl (C=O) groups excluding carboxylic acids is 1. The van der Waals surface area contributed by atoms with Gasteiger partial charge in [-0.2, -0.15) is 4.52 Å². The molecule has 146 valence electrons. The van der Waals surface area contributed by atoms with Crippen LogP contribution in [-0.4, -0.2) is 45.5 Å². The third kappa shape index (κ3) is 4.68.